The molecule has 0 radical (unpaired) electrons. The maximum atomic E-state index is 5.55. The molecule has 0 rings (SSSR count). The van der Waals surface area contributed by atoms with Crippen LogP contribution in [-0.2, 0) is 4.74 Å². The van der Waals surface area contributed by atoms with Crippen LogP contribution < -0.4 is 5.73 Å². The quantitative estimate of drug-likeness (QED) is 0.517. The molecule has 1 unspecified atom stereocenters. The first-order chi connectivity index (χ1) is 7.85. The van der Waals surface area contributed by atoms with Crippen molar-refractivity contribution in [2.24, 2.45) is 11.7 Å². The molecule has 16 heavy (non-hydrogen) atoms. The van der Waals surface area contributed by atoms with Gasteiger partial charge in [0.15, 0.2) is 0 Å². The van der Waals surface area contributed by atoms with Crippen molar-refractivity contribution in [2.45, 2.75) is 65.2 Å². The molecule has 0 fully saturated rings. The van der Waals surface area contributed by atoms with Gasteiger partial charge in [0, 0.05) is 13.2 Å². The molecule has 0 aliphatic carbocycles. The van der Waals surface area contributed by atoms with Crippen LogP contribution in [0.1, 0.15) is 65.2 Å². The lowest BCUT2D eigenvalue weighted by Gasteiger charge is -2.14. The number of hydrogen-bond donors (Lipinski definition) is 1. The third-order valence-corrected chi connectivity index (χ3v) is 3.21. The SMILES string of the molecule is CCCCCCC(CC)CCOCCCN. The second-order valence-electron chi connectivity index (χ2n) is 4.67. The van der Waals surface area contributed by atoms with E-state index in [9.17, 15) is 0 Å². The molecule has 2 nitrogen and oxygen atoms in total. The van der Waals surface area contributed by atoms with Crippen LogP contribution in [0.5, 0.6) is 0 Å². The van der Waals surface area contributed by atoms with Gasteiger partial charge >= 0.3 is 0 Å². The lowest BCUT2D eigenvalue weighted by molar-refractivity contribution is 0.117. The minimum Gasteiger partial charge on any atom is -0.381 e. The van der Waals surface area contributed by atoms with Crippen LogP contribution in [0.15, 0.2) is 0 Å². The Labute approximate surface area is 102 Å². The Morgan fingerprint density at radius 1 is 0.938 bits per heavy atom. The normalized spacial score (nSPS) is 12.9. The molecule has 2 N–H and O–H groups in total. The van der Waals surface area contributed by atoms with Crippen molar-refractivity contribution in [1.82, 2.24) is 0 Å². The largest absolute Gasteiger partial charge is 0.381 e. The number of rotatable bonds is 12. The molecule has 0 heterocycles. The highest BCUT2D eigenvalue weighted by Crippen LogP contribution is 2.17. The van der Waals surface area contributed by atoms with E-state index in [1.807, 2.05) is 0 Å². The van der Waals surface area contributed by atoms with E-state index in [0.29, 0.717) is 0 Å². The molecule has 2 heteroatoms. The van der Waals surface area contributed by atoms with Gasteiger partial charge in [0.05, 0.1) is 0 Å². The summed E-state index contributed by atoms with van der Waals surface area (Å²) in [4.78, 5) is 0. The highest BCUT2D eigenvalue weighted by atomic mass is 16.5. The summed E-state index contributed by atoms with van der Waals surface area (Å²) in [5, 5.41) is 0. The summed E-state index contributed by atoms with van der Waals surface area (Å²) >= 11 is 0. The summed E-state index contributed by atoms with van der Waals surface area (Å²) in [6.45, 7) is 7.07. The van der Waals surface area contributed by atoms with Gasteiger partial charge in [-0.2, -0.15) is 0 Å². The molecular formula is C14H31NO. The van der Waals surface area contributed by atoms with Crippen molar-refractivity contribution in [3.63, 3.8) is 0 Å². The fourth-order valence-corrected chi connectivity index (χ4v) is 1.95. The fourth-order valence-electron chi connectivity index (χ4n) is 1.95. The Bertz CT molecular complexity index is 128. The monoisotopic (exact) mass is 229 g/mol. The molecule has 0 aromatic carbocycles. The van der Waals surface area contributed by atoms with Gasteiger partial charge in [-0.05, 0) is 25.3 Å². The molecule has 98 valence electrons. The maximum Gasteiger partial charge on any atom is 0.0478 e. The first kappa shape index (κ1) is 15.9. The number of unbranched alkanes of at least 4 members (excludes halogenated alkanes) is 3. The standard InChI is InChI=1S/C14H31NO/c1-3-5-6-7-9-14(4-2)10-13-16-12-8-11-15/h14H,3-13,15H2,1-2H3. The molecule has 1 atom stereocenters. The summed E-state index contributed by atoms with van der Waals surface area (Å²) in [6.07, 6.45) is 10.4. The second kappa shape index (κ2) is 13.0. The minimum absolute atomic E-state index is 0.744. The zero-order valence-corrected chi connectivity index (χ0v) is 11.3. The molecule has 0 aliphatic heterocycles. The number of ether oxygens (including phenoxy) is 1. The molecule has 0 amide bonds. The second-order valence-corrected chi connectivity index (χ2v) is 4.67. The van der Waals surface area contributed by atoms with Crippen molar-refractivity contribution < 1.29 is 4.74 Å². The smallest absolute Gasteiger partial charge is 0.0478 e. The summed E-state index contributed by atoms with van der Waals surface area (Å²) in [7, 11) is 0. The van der Waals surface area contributed by atoms with Gasteiger partial charge in [0.1, 0.15) is 0 Å². The zero-order valence-electron chi connectivity index (χ0n) is 11.3. The van der Waals surface area contributed by atoms with E-state index in [0.717, 1.165) is 32.1 Å². The predicted molar refractivity (Wildman–Crippen MR) is 71.6 cm³/mol. The third kappa shape index (κ3) is 10.4. The van der Waals surface area contributed by atoms with E-state index < -0.39 is 0 Å². The van der Waals surface area contributed by atoms with E-state index in [1.54, 1.807) is 0 Å². The summed E-state index contributed by atoms with van der Waals surface area (Å²) in [6, 6.07) is 0. The first-order valence-electron chi connectivity index (χ1n) is 7.12. The van der Waals surface area contributed by atoms with Gasteiger partial charge in [-0.15, -0.1) is 0 Å². The van der Waals surface area contributed by atoms with Gasteiger partial charge in [-0.3, -0.25) is 0 Å². The van der Waals surface area contributed by atoms with Gasteiger partial charge in [0.25, 0.3) is 0 Å². The molecule has 0 aromatic heterocycles. The summed E-state index contributed by atoms with van der Waals surface area (Å²) in [5.41, 5.74) is 5.41. The molecule has 0 saturated heterocycles. The Balaban J connectivity index is 3.29. The number of hydrogen-bond acceptors (Lipinski definition) is 2. The molecular weight excluding hydrogens is 198 g/mol. The lowest BCUT2D eigenvalue weighted by atomic mass is 9.95. The van der Waals surface area contributed by atoms with Crippen LogP contribution in [0, 0.1) is 5.92 Å². The van der Waals surface area contributed by atoms with Crippen molar-refractivity contribution in [3.8, 4) is 0 Å². The molecule has 0 spiro atoms. The molecule has 0 aromatic rings. The summed E-state index contributed by atoms with van der Waals surface area (Å²) < 4.78 is 5.55. The van der Waals surface area contributed by atoms with Crippen molar-refractivity contribution >= 4 is 0 Å². The van der Waals surface area contributed by atoms with Gasteiger partial charge in [-0.25, -0.2) is 0 Å². The number of nitrogens with two attached hydrogens (primary N) is 1. The summed E-state index contributed by atoms with van der Waals surface area (Å²) in [5.74, 6) is 0.870. The van der Waals surface area contributed by atoms with E-state index in [4.69, 9.17) is 10.5 Å². The highest BCUT2D eigenvalue weighted by Gasteiger charge is 2.05. The Kier molecular flexibility index (Phi) is 12.9. The van der Waals surface area contributed by atoms with E-state index >= 15 is 0 Å². The molecule has 0 bridgehead atoms. The van der Waals surface area contributed by atoms with Crippen LogP contribution >= 0.6 is 0 Å². The van der Waals surface area contributed by atoms with E-state index in [1.165, 1.54) is 44.9 Å². The Hall–Kier alpha value is -0.0800. The van der Waals surface area contributed by atoms with Crippen LogP contribution in [0.4, 0.5) is 0 Å². The fraction of sp³-hybridized carbons (Fsp3) is 1.00. The topological polar surface area (TPSA) is 35.2 Å². The predicted octanol–water partition coefficient (Wildman–Crippen LogP) is 3.74. The van der Waals surface area contributed by atoms with Crippen molar-refractivity contribution in [3.05, 3.63) is 0 Å². The lowest BCUT2D eigenvalue weighted by Crippen LogP contribution is -2.08. The van der Waals surface area contributed by atoms with E-state index in [2.05, 4.69) is 13.8 Å². The third-order valence-electron chi connectivity index (χ3n) is 3.21. The van der Waals surface area contributed by atoms with Gasteiger partial charge in [-0.1, -0.05) is 52.4 Å². The van der Waals surface area contributed by atoms with Gasteiger partial charge in [0.2, 0.25) is 0 Å². The molecule has 0 aliphatic rings. The van der Waals surface area contributed by atoms with Crippen molar-refractivity contribution in [2.75, 3.05) is 19.8 Å². The van der Waals surface area contributed by atoms with Crippen LogP contribution in [-0.4, -0.2) is 19.8 Å². The maximum absolute atomic E-state index is 5.55. The zero-order chi connectivity index (χ0) is 12.1. The van der Waals surface area contributed by atoms with Crippen molar-refractivity contribution in [1.29, 1.82) is 0 Å². The van der Waals surface area contributed by atoms with Crippen LogP contribution in [0.3, 0.4) is 0 Å². The highest BCUT2D eigenvalue weighted by molar-refractivity contribution is 4.57. The minimum atomic E-state index is 0.744. The Morgan fingerprint density at radius 2 is 1.75 bits per heavy atom. The van der Waals surface area contributed by atoms with Gasteiger partial charge < -0.3 is 10.5 Å². The molecule has 0 saturated carbocycles. The van der Waals surface area contributed by atoms with E-state index in [-0.39, 0.29) is 0 Å². The average molecular weight is 229 g/mol. The van der Waals surface area contributed by atoms with Crippen LogP contribution in [0.2, 0.25) is 0 Å². The Morgan fingerprint density at radius 3 is 2.38 bits per heavy atom. The van der Waals surface area contributed by atoms with Crippen LogP contribution in [0.25, 0.3) is 0 Å². The first-order valence-corrected chi connectivity index (χ1v) is 7.12. The average Bonchev–Trinajstić information content (AvgIpc) is 2.31.